The van der Waals surface area contributed by atoms with Gasteiger partial charge in [-0.2, -0.15) is 0 Å². The summed E-state index contributed by atoms with van der Waals surface area (Å²) in [6, 6.07) is 6.00. The van der Waals surface area contributed by atoms with Crippen molar-refractivity contribution in [3.8, 4) is 12.3 Å². The van der Waals surface area contributed by atoms with Gasteiger partial charge in [0.15, 0.2) is 0 Å². The van der Waals surface area contributed by atoms with E-state index in [2.05, 4.69) is 16.6 Å². The van der Waals surface area contributed by atoms with Crippen molar-refractivity contribution >= 4 is 29.4 Å². The Morgan fingerprint density at radius 3 is 2.55 bits per heavy atom. The van der Waals surface area contributed by atoms with Crippen LogP contribution in [0.4, 0.5) is 10.5 Å². The number of para-hydroxylation sites is 1. The molecule has 1 spiro atoms. The van der Waals surface area contributed by atoms with Crippen molar-refractivity contribution < 1.29 is 19.2 Å². The zero-order chi connectivity index (χ0) is 21.0. The molecule has 0 radical (unpaired) electrons. The van der Waals surface area contributed by atoms with Crippen LogP contribution in [-0.4, -0.2) is 59.2 Å². The summed E-state index contributed by atoms with van der Waals surface area (Å²) < 4.78 is 0. The van der Waals surface area contributed by atoms with Gasteiger partial charge in [-0.25, -0.2) is 4.79 Å². The molecule has 3 rings (SSSR count). The average molecular weight is 396 g/mol. The molecule has 2 aliphatic rings. The zero-order valence-corrected chi connectivity index (χ0v) is 16.4. The molecule has 8 nitrogen and oxygen atoms in total. The molecular weight excluding hydrogens is 372 g/mol. The third-order valence-electron chi connectivity index (χ3n) is 5.58. The molecule has 1 saturated carbocycles. The summed E-state index contributed by atoms with van der Waals surface area (Å²) in [5.74, 6) is 1.02. The fourth-order valence-electron chi connectivity index (χ4n) is 4.02. The minimum atomic E-state index is -0.831. The summed E-state index contributed by atoms with van der Waals surface area (Å²) in [5.41, 5.74) is -0.300. The highest BCUT2D eigenvalue weighted by atomic mass is 16.2. The molecule has 152 valence electrons. The Kier molecular flexibility index (Phi) is 5.87. The number of hydrogen-bond donors (Lipinski definition) is 2. The molecule has 0 atom stereocenters. The maximum atomic E-state index is 13.0. The lowest BCUT2D eigenvalue weighted by molar-refractivity contribution is -0.136. The number of imide groups is 1. The molecule has 1 aliphatic heterocycles. The van der Waals surface area contributed by atoms with Crippen LogP contribution in [0.25, 0.3) is 0 Å². The number of urea groups is 1. The van der Waals surface area contributed by atoms with Crippen LogP contribution in [0.1, 0.15) is 42.5 Å². The van der Waals surface area contributed by atoms with Crippen molar-refractivity contribution in [2.45, 2.75) is 37.6 Å². The molecule has 1 heterocycles. The Bertz CT molecular complexity index is 883. The molecule has 2 fully saturated rings. The highest BCUT2D eigenvalue weighted by Crippen LogP contribution is 2.39. The molecule has 29 heavy (non-hydrogen) atoms. The number of likely N-dealkylation sites (N-methyl/N-ethyl adjacent to an activating group) is 1. The fraction of sp³-hybridized carbons (Fsp3) is 0.429. The molecule has 2 N–H and O–H groups in total. The van der Waals surface area contributed by atoms with Gasteiger partial charge in [0.1, 0.15) is 12.1 Å². The molecule has 1 saturated heterocycles. The minimum absolute atomic E-state index is 0.0618. The second kappa shape index (κ2) is 8.35. The normalized spacial score (nSPS) is 17.9. The van der Waals surface area contributed by atoms with Gasteiger partial charge in [0.2, 0.25) is 5.91 Å². The van der Waals surface area contributed by atoms with Crippen LogP contribution in [0, 0.1) is 12.3 Å². The van der Waals surface area contributed by atoms with Gasteiger partial charge in [-0.3, -0.25) is 19.3 Å². The zero-order valence-electron chi connectivity index (χ0n) is 16.4. The monoisotopic (exact) mass is 396 g/mol. The first-order chi connectivity index (χ1) is 13.9. The van der Waals surface area contributed by atoms with E-state index in [1.54, 1.807) is 31.3 Å². The van der Waals surface area contributed by atoms with E-state index >= 15 is 0 Å². The number of carbonyl (C=O) groups excluding carboxylic acids is 4. The van der Waals surface area contributed by atoms with E-state index in [0.717, 1.165) is 24.2 Å². The third kappa shape index (κ3) is 3.81. The minimum Gasteiger partial charge on any atom is -0.341 e. The maximum Gasteiger partial charge on any atom is 0.327 e. The van der Waals surface area contributed by atoms with Gasteiger partial charge >= 0.3 is 6.03 Å². The lowest BCUT2D eigenvalue weighted by Crippen LogP contribution is -2.49. The number of amides is 5. The Labute approximate surface area is 169 Å². The Morgan fingerprint density at radius 2 is 1.86 bits per heavy atom. The first-order valence-corrected chi connectivity index (χ1v) is 9.61. The van der Waals surface area contributed by atoms with E-state index < -0.39 is 29.9 Å². The molecule has 8 heteroatoms. The number of benzene rings is 1. The molecule has 1 aromatic carbocycles. The number of nitrogens with one attached hydrogen (secondary N) is 2. The summed E-state index contributed by atoms with van der Waals surface area (Å²) in [5, 5.41) is 5.17. The smallest absolute Gasteiger partial charge is 0.327 e. The van der Waals surface area contributed by atoms with Gasteiger partial charge in [0, 0.05) is 7.05 Å². The predicted octanol–water partition coefficient (Wildman–Crippen LogP) is 1.58. The van der Waals surface area contributed by atoms with Gasteiger partial charge in [-0.15, -0.1) is 6.42 Å². The number of anilines is 1. The van der Waals surface area contributed by atoms with E-state index in [1.807, 2.05) is 0 Å². The van der Waals surface area contributed by atoms with Crippen LogP contribution in [0.5, 0.6) is 0 Å². The highest BCUT2D eigenvalue weighted by molar-refractivity contribution is 6.11. The summed E-state index contributed by atoms with van der Waals surface area (Å²) in [4.78, 5) is 52.9. The van der Waals surface area contributed by atoms with Crippen molar-refractivity contribution in [1.82, 2.24) is 15.1 Å². The number of terminal acetylenes is 1. The standard InChI is InChI=1S/C21H24N4O4/c1-3-13-22-18(27)15-9-5-6-10-16(15)23-17(26)14-25-19(28)21(24(2)20(25)29)11-7-4-8-12-21/h1,5-6,9-10H,4,7-8,11-14H2,2H3,(H,22,27)(H,23,26). The van der Waals surface area contributed by atoms with Crippen molar-refractivity contribution in [2.75, 3.05) is 25.5 Å². The molecule has 0 bridgehead atoms. The Morgan fingerprint density at radius 1 is 1.17 bits per heavy atom. The first-order valence-electron chi connectivity index (χ1n) is 9.61. The number of carbonyl (C=O) groups is 4. The molecule has 0 aromatic heterocycles. The summed E-state index contributed by atoms with van der Waals surface area (Å²) >= 11 is 0. The SMILES string of the molecule is C#CCNC(=O)c1ccccc1NC(=O)CN1C(=O)N(C)C2(CCCCC2)C1=O. The van der Waals surface area contributed by atoms with Crippen LogP contribution in [0.2, 0.25) is 0 Å². The third-order valence-corrected chi connectivity index (χ3v) is 5.58. The largest absolute Gasteiger partial charge is 0.341 e. The van der Waals surface area contributed by atoms with Crippen LogP contribution in [-0.2, 0) is 9.59 Å². The van der Waals surface area contributed by atoms with E-state index in [4.69, 9.17) is 6.42 Å². The predicted molar refractivity (Wildman–Crippen MR) is 107 cm³/mol. The Hall–Kier alpha value is -3.34. The van der Waals surface area contributed by atoms with Crippen molar-refractivity contribution in [2.24, 2.45) is 0 Å². The van der Waals surface area contributed by atoms with Gasteiger partial charge in [-0.1, -0.05) is 37.3 Å². The molecule has 1 aromatic rings. The number of hydrogen-bond acceptors (Lipinski definition) is 4. The van der Waals surface area contributed by atoms with Crippen LogP contribution >= 0.6 is 0 Å². The maximum absolute atomic E-state index is 13.0. The van der Waals surface area contributed by atoms with Crippen LogP contribution in [0.15, 0.2) is 24.3 Å². The van der Waals surface area contributed by atoms with Crippen LogP contribution in [0.3, 0.4) is 0 Å². The quantitative estimate of drug-likeness (QED) is 0.583. The second-order valence-electron chi connectivity index (χ2n) is 7.31. The molecule has 0 unspecified atom stereocenters. The van der Waals surface area contributed by atoms with Crippen molar-refractivity contribution in [3.05, 3.63) is 29.8 Å². The van der Waals surface area contributed by atoms with E-state index in [9.17, 15) is 19.2 Å². The van der Waals surface area contributed by atoms with E-state index in [1.165, 1.54) is 4.90 Å². The van der Waals surface area contributed by atoms with E-state index in [0.29, 0.717) is 12.8 Å². The van der Waals surface area contributed by atoms with Crippen LogP contribution < -0.4 is 10.6 Å². The van der Waals surface area contributed by atoms with Gasteiger partial charge in [0.05, 0.1) is 17.8 Å². The molecule has 5 amide bonds. The van der Waals surface area contributed by atoms with Gasteiger partial charge in [0.25, 0.3) is 11.8 Å². The van der Waals surface area contributed by atoms with Crippen molar-refractivity contribution in [1.29, 1.82) is 0 Å². The van der Waals surface area contributed by atoms with Crippen molar-refractivity contribution in [3.63, 3.8) is 0 Å². The second-order valence-corrected chi connectivity index (χ2v) is 7.31. The molecular formula is C21H24N4O4. The summed E-state index contributed by atoms with van der Waals surface area (Å²) in [6.07, 6.45) is 9.18. The lowest BCUT2D eigenvalue weighted by Gasteiger charge is -2.35. The fourth-order valence-corrected chi connectivity index (χ4v) is 4.02. The number of nitrogens with zero attached hydrogens (tertiary/aromatic N) is 2. The number of rotatable bonds is 5. The van der Waals surface area contributed by atoms with Gasteiger partial charge in [-0.05, 0) is 25.0 Å². The Balaban J connectivity index is 1.72. The lowest BCUT2D eigenvalue weighted by atomic mass is 9.81. The summed E-state index contributed by atoms with van der Waals surface area (Å²) in [6.45, 7) is -0.337. The van der Waals surface area contributed by atoms with Gasteiger partial charge < -0.3 is 15.5 Å². The summed E-state index contributed by atoms with van der Waals surface area (Å²) in [7, 11) is 1.62. The average Bonchev–Trinajstić information content (AvgIpc) is 2.89. The highest BCUT2D eigenvalue weighted by Gasteiger charge is 2.55. The topological polar surface area (TPSA) is 98.8 Å². The molecule has 1 aliphatic carbocycles. The first kappa shape index (κ1) is 20.4. The van der Waals surface area contributed by atoms with E-state index in [-0.39, 0.29) is 23.7 Å².